The first-order chi connectivity index (χ1) is 11.4. The molecule has 0 atom stereocenters. The Morgan fingerprint density at radius 1 is 0.565 bits per heavy atom. The van der Waals surface area contributed by atoms with Gasteiger partial charge in [0, 0.05) is 20.9 Å². The molecular formula is C21H14S2. The maximum absolute atomic E-state index is 2.41. The van der Waals surface area contributed by atoms with Crippen molar-refractivity contribution in [2.45, 2.75) is 6.42 Å². The van der Waals surface area contributed by atoms with Gasteiger partial charge in [-0.3, -0.25) is 0 Å². The van der Waals surface area contributed by atoms with Gasteiger partial charge < -0.3 is 0 Å². The second-order valence-electron chi connectivity index (χ2n) is 5.84. The van der Waals surface area contributed by atoms with E-state index in [0.29, 0.717) is 0 Å². The summed E-state index contributed by atoms with van der Waals surface area (Å²) in [6.45, 7) is 0. The monoisotopic (exact) mass is 330 g/mol. The highest BCUT2D eigenvalue weighted by Gasteiger charge is 2.21. The second-order valence-corrected chi connectivity index (χ2v) is 7.74. The molecule has 0 unspecified atom stereocenters. The van der Waals surface area contributed by atoms with E-state index in [1.165, 1.54) is 43.1 Å². The van der Waals surface area contributed by atoms with Crippen LogP contribution in [0, 0.1) is 0 Å². The molecule has 0 spiro atoms. The number of rotatable bonds is 2. The van der Waals surface area contributed by atoms with Gasteiger partial charge in [-0.15, -0.1) is 22.7 Å². The molecule has 0 saturated carbocycles. The van der Waals surface area contributed by atoms with Crippen molar-refractivity contribution in [2.24, 2.45) is 0 Å². The van der Waals surface area contributed by atoms with Crippen LogP contribution in [0.5, 0.6) is 0 Å². The Bertz CT molecular complexity index is 977. The molecule has 2 aromatic heterocycles. The van der Waals surface area contributed by atoms with Gasteiger partial charge in [-0.25, -0.2) is 0 Å². The number of benzene rings is 2. The fraction of sp³-hybridized carbons (Fsp3) is 0.0476. The van der Waals surface area contributed by atoms with Gasteiger partial charge in [-0.1, -0.05) is 36.4 Å². The molecule has 5 rings (SSSR count). The zero-order valence-corrected chi connectivity index (χ0v) is 14.1. The third-order valence-corrected chi connectivity index (χ3v) is 6.31. The molecule has 23 heavy (non-hydrogen) atoms. The summed E-state index contributed by atoms with van der Waals surface area (Å²) in [6, 6.07) is 22.3. The average molecular weight is 330 g/mol. The largest absolute Gasteiger partial charge is 0.144 e. The van der Waals surface area contributed by atoms with Crippen LogP contribution in [0.25, 0.3) is 32.0 Å². The van der Waals surface area contributed by atoms with Crippen LogP contribution in [0.15, 0.2) is 71.4 Å². The van der Waals surface area contributed by atoms with E-state index in [2.05, 4.69) is 71.4 Å². The van der Waals surface area contributed by atoms with E-state index < -0.39 is 0 Å². The maximum atomic E-state index is 2.41. The smallest absolute Gasteiger partial charge is 0.0349 e. The fourth-order valence-corrected chi connectivity index (χ4v) is 4.97. The minimum absolute atomic E-state index is 1.05. The molecule has 1 aliphatic rings. The summed E-state index contributed by atoms with van der Waals surface area (Å²) in [4.78, 5) is 2.70. The van der Waals surface area contributed by atoms with E-state index in [9.17, 15) is 0 Å². The van der Waals surface area contributed by atoms with Gasteiger partial charge >= 0.3 is 0 Å². The first-order valence-electron chi connectivity index (χ1n) is 7.73. The molecule has 0 aliphatic heterocycles. The van der Waals surface area contributed by atoms with Gasteiger partial charge in [-0.05, 0) is 63.7 Å². The molecule has 2 heterocycles. The molecule has 1 aliphatic carbocycles. The Labute approximate surface area is 143 Å². The van der Waals surface area contributed by atoms with Crippen LogP contribution in [0.4, 0.5) is 0 Å². The molecule has 0 amide bonds. The Hall–Kier alpha value is -2.16. The van der Waals surface area contributed by atoms with Crippen molar-refractivity contribution in [3.63, 3.8) is 0 Å². The van der Waals surface area contributed by atoms with Gasteiger partial charge in [0.2, 0.25) is 0 Å². The quantitative estimate of drug-likeness (QED) is 0.337. The van der Waals surface area contributed by atoms with Gasteiger partial charge in [-0.2, -0.15) is 0 Å². The summed E-state index contributed by atoms with van der Waals surface area (Å²) >= 11 is 3.64. The van der Waals surface area contributed by atoms with E-state index in [1.54, 1.807) is 0 Å². The van der Waals surface area contributed by atoms with E-state index in [-0.39, 0.29) is 0 Å². The van der Waals surface area contributed by atoms with Crippen LogP contribution in [0.3, 0.4) is 0 Å². The highest BCUT2D eigenvalue weighted by molar-refractivity contribution is 7.14. The highest BCUT2D eigenvalue weighted by atomic mass is 32.1. The summed E-state index contributed by atoms with van der Waals surface area (Å²) < 4.78 is 0. The molecule has 0 N–H and O–H groups in total. The molecule has 0 saturated heterocycles. The van der Waals surface area contributed by atoms with Crippen molar-refractivity contribution >= 4 is 22.7 Å². The van der Waals surface area contributed by atoms with Crippen molar-refractivity contribution in [1.82, 2.24) is 0 Å². The molecule has 2 heteroatoms. The summed E-state index contributed by atoms with van der Waals surface area (Å²) in [7, 11) is 0. The lowest BCUT2D eigenvalue weighted by molar-refractivity contribution is 1.26. The predicted octanol–water partition coefficient (Wildman–Crippen LogP) is 6.71. The third-order valence-electron chi connectivity index (χ3n) is 4.51. The minimum atomic E-state index is 1.05. The predicted molar refractivity (Wildman–Crippen MR) is 101 cm³/mol. The first kappa shape index (κ1) is 13.3. The van der Waals surface area contributed by atoms with Crippen LogP contribution in [0.1, 0.15) is 11.1 Å². The van der Waals surface area contributed by atoms with Crippen molar-refractivity contribution < 1.29 is 0 Å². The zero-order valence-electron chi connectivity index (χ0n) is 12.5. The molecule has 0 radical (unpaired) electrons. The number of hydrogen-bond acceptors (Lipinski definition) is 2. The Morgan fingerprint density at radius 2 is 1.26 bits per heavy atom. The van der Waals surface area contributed by atoms with E-state index in [1.807, 2.05) is 22.7 Å². The fourth-order valence-electron chi connectivity index (χ4n) is 3.46. The molecule has 4 aromatic rings. The van der Waals surface area contributed by atoms with Gasteiger partial charge in [0.05, 0.1) is 0 Å². The SMILES string of the molecule is c1csc(-c2cc3c(cc2-c2cccs2)-c2ccccc2C3)c1. The van der Waals surface area contributed by atoms with Gasteiger partial charge in [0.1, 0.15) is 0 Å². The third kappa shape index (κ3) is 2.10. The number of hydrogen-bond donors (Lipinski definition) is 0. The molecule has 110 valence electrons. The number of fused-ring (bicyclic) bond motifs is 3. The summed E-state index contributed by atoms with van der Waals surface area (Å²) in [5, 5.41) is 4.32. The molecular weight excluding hydrogens is 316 g/mol. The number of thiophene rings is 2. The summed E-state index contributed by atoms with van der Waals surface area (Å²) in [5.41, 5.74) is 8.44. The second kappa shape index (κ2) is 5.19. The van der Waals surface area contributed by atoms with Gasteiger partial charge in [0.15, 0.2) is 0 Å². The van der Waals surface area contributed by atoms with Gasteiger partial charge in [0.25, 0.3) is 0 Å². The topological polar surface area (TPSA) is 0 Å². The lowest BCUT2D eigenvalue weighted by Crippen LogP contribution is -1.87. The van der Waals surface area contributed by atoms with E-state index >= 15 is 0 Å². The van der Waals surface area contributed by atoms with Crippen molar-refractivity contribution in [1.29, 1.82) is 0 Å². The van der Waals surface area contributed by atoms with Crippen molar-refractivity contribution in [3.8, 4) is 32.0 Å². The van der Waals surface area contributed by atoms with Crippen molar-refractivity contribution in [3.05, 3.63) is 82.6 Å². The Balaban J connectivity index is 1.80. The molecule has 0 nitrogen and oxygen atoms in total. The van der Waals surface area contributed by atoms with E-state index in [4.69, 9.17) is 0 Å². The molecule has 0 bridgehead atoms. The first-order valence-corrected chi connectivity index (χ1v) is 9.49. The summed E-state index contributed by atoms with van der Waals surface area (Å²) in [6.07, 6.45) is 1.05. The van der Waals surface area contributed by atoms with Crippen molar-refractivity contribution in [2.75, 3.05) is 0 Å². The van der Waals surface area contributed by atoms with E-state index in [0.717, 1.165) is 6.42 Å². The summed E-state index contributed by atoms with van der Waals surface area (Å²) in [5.74, 6) is 0. The molecule has 2 aromatic carbocycles. The highest BCUT2D eigenvalue weighted by Crippen LogP contribution is 2.45. The normalized spacial score (nSPS) is 12.2. The van der Waals surface area contributed by atoms with Crippen LogP contribution in [-0.4, -0.2) is 0 Å². The van der Waals surface area contributed by atoms with Crippen LogP contribution >= 0.6 is 22.7 Å². The lowest BCUT2D eigenvalue weighted by atomic mass is 9.96. The Morgan fingerprint density at radius 3 is 1.96 bits per heavy atom. The minimum Gasteiger partial charge on any atom is -0.144 e. The standard InChI is InChI=1S/C21H14S2/c1-2-6-16-14(5-1)11-15-12-18(20-7-3-9-22-20)19(13-17(15)16)21-8-4-10-23-21/h1-10,12-13H,11H2. The average Bonchev–Trinajstić information content (AvgIpc) is 3.33. The molecule has 0 fully saturated rings. The maximum Gasteiger partial charge on any atom is 0.0349 e. The van der Waals surface area contributed by atoms with Crippen LogP contribution in [0.2, 0.25) is 0 Å². The van der Waals surface area contributed by atoms with Crippen LogP contribution in [-0.2, 0) is 6.42 Å². The zero-order chi connectivity index (χ0) is 15.2. The Kier molecular flexibility index (Phi) is 3.00. The van der Waals surface area contributed by atoms with Crippen LogP contribution < -0.4 is 0 Å². The lowest BCUT2D eigenvalue weighted by Gasteiger charge is -2.11.